The number of benzene rings is 1. The van der Waals surface area contributed by atoms with Crippen molar-refractivity contribution in [2.75, 3.05) is 79.5 Å². The molecule has 14 heteroatoms. The summed E-state index contributed by atoms with van der Waals surface area (Å²) in [5, 5.41) is 16.6. The van der Waals surface area contributed by atoms with Crippen LogP contribution in [-0.2, 0) is 0 Å². The predicted molar refractivity (Wildman–Crippen MR) is 187 cm³/mol. The van der Waals surface area contributed by atoms with Crippen LogP contribution in [0.2, 0.25) is 0 Å². The largest absolute Gasteiger partial charge is 0.479 e. The lowest BCUT2D eigenvalue weighted by atomic mass is 10.0. The summed E-state index contributed by atoms with van der Waals surface area (Å²) < 4.78 is 7.99. The highest BCUT2D eigenvalue weighted by Crippen LogP contribution is 2.44. The molecule has 0 spiro atoms. The SMILES string of the molecule is COc1nc(N2CCC(N3CCN(C)CC3)CC2)ccc1Nc1ncc(C#N)c(Nc2ccc3nccnc3c2N(SC)C2CC2)n1. The van der Waals surface area contributed by atoms with Gasteiger partial charge in [0.05, 0.1) is 30.2 Å². The van der Waals surface area contributed by atoms with E-state index >= 15 is 0 Å². The van der Waals surface area contributed by atoms with Gasteiger partial charge in [0.15, 0.2) is 5.82 Å². The number of anilines is 6. The van der Waals surface area contributed by atoms with E-state index in [1.165, 1.54) is 6.20 Å². The maximum atomic E-state index is 9.94. The van der Waals surface area contributed by atoms with E-state index in [1.807, 2.05) is 24.3 Å². The topological polar surface area (TPSA) is 134 Å². The van der Waals surface area contributed by atoms with Gasteiger partial charge in [-0.2, -0.15) is 15.2 Å². The minimum absolute atomic E-state index is 0.318. The lowest BCUT2D eigenvalue weighted by Crippen LogP contribution is -2.52. The zero-order valence-corrected chi connectivity index (χ0v) is 27.9. The summed E-state index contributed by atoms with van der Waals surface area (Å²) in [6.07, 6.45) is 11.5. The van der Waals surface area contributed by atoms with E-state index < -0.39 is 0 Å². The van der Waals surface area contributed by atoms with Crippen LogP contribution in [0.15, 0.2) is 42.9 Å². The molecule has 0 radical (unpaired) electrons. The van der Waals surface area contributed by atoms with Gasteiger partial charge in [0.25, 0.3) is 0 Å². The summed E-state index contributed by atoms with van der Waals surface area (Å²) in [7, 11) is 3.82. The molecule has 5 heterocycles. The fourth-order valence-corrected chi connectivity index (χ4v) is 7.33. The number of piperazine rings is 1. The Morgan fingerprint density at radius 3 is 2.40 bits per heavy atom. The van der Waals surface area contributed by atoms with E-state index in [0.717, 1.165) is 93.2 Å². The maximum Gasteiger partial charge on any atom is 0.239 e. The van der Waals surface area contributed by atoms with Gasteiger partial charge in [-0.1, -0.05) is 11.9 Å². The van der Waals surface area contributed by atoms with Crippen LogP contribution in [0.4, 0.5) is 34.6 Å². The predicted octanol–water partition coefficient (Wildman–Crippen LogP) is 4.65. The van der Waals surface area contributed by atoms with Crippen LogP contribution in [-0.4, -0.2) is 106 Å². The number of nitrogens with zero attached hydrogens (tertiary/aromatic N) is 10. The van der Waals surface area contributed by atoms with Crippen molar-refractivity contribution in [1.82, 2.24) is 34.7 Å². The van der Waals surface area contributed by atoms with E-state index in [4.69, 9.17) is 14.7 Å². The number of aromatic nitrogens is 5. The van der Waals surface area contributed by atoms with E-state index in [-0.39, 0.29) is 0 Å². The van der Waals surface area contributed by atoms with Gasteiger partial charge in [-0.05, 0) is 57.0 Å². The fraction of sp³-hybridized carbons (Fsp3) is 0.455. The van der Waals surface area contributed by atoms with E-state index in [2.05, 4.69) is 64.0 Å². The molecule has 244 valence electrons. The molecule has 0 amide bonds. The van der Waals surface area contributed by atoms with Gasteiger partial charge in [-0.3, -0.25) is 14.9 Å². The summed E-state index contributed by atoms with van der Waals surface area (Å²) in [6, 6.07) is 11.1. The molecule has 0 atom stereocenters. The molecule has 2 N–H and O–H groups in total. The smallest absolute Gasteiger partial charge is 0.239 e. The Labute approximate surface area is 279 Å². The summed E-state index contributed by atoms with van der Waals surface area (Å²) >= 11 is 1.66. The van der Waals surface area contributed by atoms with Gasteiger partial charge in [-0.25, -0.2) is 4.98 Å². The highest BCUT2D eigenvalue weighted by molar-refractivity contribution is 8.00. The van der Waals surface area contributed by atoms with Crippen molar-refractivity contribution >= 4 is 57.6 Å². The van der Waals surface area contributed by atoms with Crippen molar-refractivity contribution < 1.29 is 4.74 Å². The van der Waals surface area contributed by atoms with Crippen molar-refractivity contribution in [3.8, 4) is 11.9 Å². The first-order valence-corrected chi connectivity index (χ1v) is 17.3. The molecule has 1 aromatic carbocycles. The van der Waals surface area contributed by atoms with Crippen molar-refractivity contribution in [1.29, 1.82) is 5.26 Å². The molecule has 3 aliphatic rings. The number of nitrogens with one attached hydrogen (secondary N) is 2. The molecule has 3 aromatic heterocycles. The molecule has 0 unspecified atom stereocenters. The van der Waals surface area contributed by atoms with E-state index in [0.29, 0.717) is 41.0 Å². The van der Waals surface area contributed by atoms with Gasteiger partial charge in [0.1, 0.15) is 28.7 Å². The molecule has 2 aliphatic heterocycles. The lowest BCUT2D eigenvalue weighted by Gasteiger charge is -2.42. The van der Waals surface area contributed by atoms with Crippen LogP contribution >= 0.6 is 11.9 Å². The van der Waals surface area contributed by atoms with Gasteiger partial charge in [0, 0.05) is 70.0 Å². The molecule has 1 aliphatic carbocycles. The van der Waals surface area contributed by atoms with E-state index in [1.54, 1.807) is 31.5 Å². The summed E-state index contributed by atoms with van der Waals surface area (Å²) in [6.45, 7) is 6.51. The van der Waals surface area contributed by atoms with Crippen LogP contribution in [0.1, 0.15) is 31.2 Å². The maximum absolute atomic E-state index is 9.94. The van der Waals surface area contributed by atoms with Crippen LogP contribution < -0.4 is 24.6 Å². The quantitative estimate of drug-likeness (QED) is 0.230. The first kappa shape index (κ1) is 31.2. The van der Waals surface area contributed by atoms with Crippen LogP contribution in [0, 0.1) is 11.3 Å². The van der Waals surface area contributed by atoms with Crippen LogP contribution in [0.5, 0.6) is 5.88 Å². The molecule has 7 rings (SSSR count). The number of hydrogen-bond donors (Lipinski definition) is 2. The number of likely N-dealkylation sites (N-methyl/N-ethyl adjacent to an activating group) is 1. The summed E-state index contributed by atoms with van der Waals surface area (Å²) in [5.74, 6) is 2.06. The third-order valence-corrected chi connectivity index (χ3v) is 10.1. The minimum atomic E-state index is 0.318. The first-order chi connectivity index (χ1) is 23.0. The van der Waals surface area contributed by atoms with Crippen molar-refractivity contribution in [3.05, 3.63) is 48.4 Å². The standard InChI is InChI=1S/C33H40N12OS/c1-42-16-18-43(19-17-42)23-10-14-44(15-11-23)28-9-8-27(32(40-28)46-2)39-33-37-21-22(20-34)31(41-33)38-26-7-6-25-29(36-13-12-35-25)30(26)45(47-3)24-4-5-24/h6-9,12-13,21,23-24H,4-5,10-11,14-19H2,1-3H3,(H2,37,38,39,41). The Balaban J connectivity index is 1.10. The highest BCUT2D eigenvalue weighted by Gasteiger charge is 2.32. The van der Waals surface area contributed by atoms with E-state index in [9.17, 15) is 5.26 Å². The van der Waals surface area contributed by atoms with Gasteiger partial charge in [-0.15, -0.1) is 0 Å². The number of methoxy groups -OCH3 is 1. The Morgan fingerprint density at radius 2 is 1.68 bits per heavy atom. The number of fused-ring (bicyclic) bond motifs is 1. The van der Waals surface area contributed by atoms with Gasteiger partial charge in [0.2, 0.25) is 11.8 Å². The minimum Gasteiger partial charge on any atom is -0.479 e. The number of nitriles is 1. The van der Waals surface area contributed by atoms with Gasteiger partial charge < -0.3 is 29.5 Å². The molecule has 47 heavy (non-hydrogen) atoms. The molecular weight excluding hydrogens is 613 g/mol. The molecule has 13 nitrogen and oxygen atoms in total. The Morgan fingerprint density at radius 1 is 0.915 bits per heavy atom. The second-order valence-electron chi connectivity index (χ2n) is 12.2. The number of piperidine rings is 1. The second-order valence-corrected chi connectivity index (χ2v) is 13.0. The summed E-state index contributed by atoms with van der Waals surface area (Å²) in [5.41, 5.74) is 4.29. The van der Waals surface area contributed by atoms with Crippen LogP contribution in [0.3, 0.4) is 0 Å². The zero-order valence-electron chi connectivity index (χ0n) is 27.1. The molecule has 1 saturated carbocycles. The highest BCUT2D eigenvalue weighted by atomic mass is 32.2. The number of ether oxygens (including phenoxy) is 1. The van der Waals surface area contributed by atoms with Crippen molar-refractivity contribution in [2.45, 2.75) is 37.8 Å². The third-order valence-electron chi connectivity index (χ3n) is 9.20. The average molecular weight is 653 g/mol. The number of hydrogen-bond acceptors (Lipinski definition) is 14. The van der Waals surface area contributed by atoms with Crippen LogP contribution in [0.25, 0.3) is 11.0 Å². The van der Waals surface area contributed by atoms with Crippen molar-refractivity contribution in [3.63, 3.8) is 0 Å². The first-order valence-electron chi connectivity index (χ1n) is 16.2. The Hall–Kier alpha value is -4.45. The number of pyridine rings is 1. The Kier molecular flexibility index (Phi) is 9.10. The average Bonchev–Trinajstić information content (AvgIpc) is 3.96. The molecule has 2 saturated heterocycles. The molecular formula is C33H40N12OS. The normalized spacial score (nSPS) is 17.8. The Bertz CT molecular complexity index is 1760. The zero-order chi connectivity index (χ0) is 32.3. The fourth-order valence-electron chi connectivity index (χ4n) is 6.45. The second kappa shape index (κ2) is 13.7. The monoisotopic (exact) mass is 652 g/mol. The molecule has 4 aromatic rings. The van der Waals surface area contributed by atoms with Crippen molar-refractivity contribution in [2.24, 2.45) is 0 Å². The summed E-state index contributed by atoms with van der Waals surface area (Å²) in [4.78, 5) is 30.6. The third kappa shape index (κ3) is 6.69. The van der Waals surface area contributed by atoms with Gasteiger partial charge >= 0.3 is 0 Å². The molecule has 0 bridgehead atoms. The molecule has 3 fully saturated rings. The lowest BCUT2D eigenvalue weighted by molar-refractivity contribution is 0.0981. The number of rotatable bonds is 10.